The molecule has 1 N–H and O–H groups in total. The Kier molecular flexibility index (Phi) is 6.80. The number of esters is 1. The molecule has 0 saturated carbocycles. The van der Waals surface area contributed by atoms with Gasteiger partial charge < -0.3 is 9.84 Å². The summed E-state index contributed by atoms with van der Waals surface area (Å²) in [6.45, 7) is 0. The van der Waals surface area contributed by atoms with Crippen molar-refractivity contribution in [2.75, 3.05) is 7.11 Å². The summed E-state index contributed by atoms with van der Waals surface area (Å²) >= 11 is 0. The molecule has 0 heterocycles. The summed E-state index contributed by atoms with van der Waals surface area (Å²) in [5.41, 5.74) is 3.31. The van der Waals surface area contributed by atoms with Crippen LogP contribution in [-0.4, -0.2) is 24.0 Å². The van der Waals surface area contributed by atoms with E-state index in [-0.39, 0.29) is 23.4 Å². The molecule has 3 rings (SSSR count). The lowest BCUT2D eigenvalue weighted by Crippen LogP contribution is -2.08. The van der Waals surface area contributed by atoms with Crippen LogP contribution in [0.15, 0.2) is 78.9 Å². The molecule has 0 radical (unpaired) electrons. The summed E-state index contributed by atoms with van der Waals surface area (Å²) in [6, 6.07) is 23.9. The largest absolute Gasteiger partial charge is 0.508 e. The van der Waals surface area contributed by atoms with Crippen molar-refractivity contribution < 1.29 is 19.4 Å². The maximum Gasteiger partial charge on any atom is 0.337 e. The van der Waals surface area contributed by atoms with Crippen LogP contribution in [0.4, 0.5) is 0 Å². The van der Waals surface area contributed by atoms with Gasteiger partial charge in [0.15, 0.2) is 5.78 Å². The number of methoxy groups -OCH3 is 1. The number of rotatable bonds is 8. The van der Waals surface area contributed by atoms with Gasteiger partial charge in [-0.3, -0.25) is 4.79 Å². The van der Waals surface area contributed by atoms with Crippen LogP contribution in [0.3, 0.4) is 0 Å². The van der Waals surface area contributed by atoms with Crippen LogP contribution in [0, 0.1) is 0 Å². The number of ether oxygens (including phenoxy) is 1. The van der Waals surface area contributed by atoms with E-state index in [9.17, 15) is 14.7 Å². The Labute approximate surface area is 170 Å². The zero-order valence-corrected chi connectivity index (χ0v) is 16.4. The van der Waals surface area contributed by atoms with Crippen LogP contribution >= 0.6 is 0 Å². The summed E-state index contributed by atoms with van der Waals surface area (Å²) in [6.07, 6.45) is 1.81. The Morgan fingerprint density at radius 3 is 2.31 bits per heavy atom. The minimum absolute atomic E-state index is 0.0502. The van der Waals surface area contributed by atoms with Gasteiger partial charge in [-0.25, -0.2) is 4.79 Å². The van der Waals surface area contributed by atoms with E-state index in [1.165, 1.54) is 19.2 Å². The Hall–Kier alpha value is -3.40. The van der Waals surface area contributed by atoms with E-state index in [1.54, 1.807) is 18.2 Å². The number of carbonyl (C=O) groups excluding carboxylic acids is 2. The van der Waals surface area contributed by atoms with Gasteiger partial charge in [0.05, 0.1) is 12.7 Å². The van der Waals surface area contributed by atoms with E-state index >= 15 is 0 Å². The van der Waals surface area contributed by atoms with Crippen molar-refractivity contribution in [2.24, 2.45) is 0 Å². The average Bonchev–Trinajstić information content (AvgIpc) is 2.77. The molecule has 148 valence electrons. The highest BCUT2D eigenvalue weighted by Crippen LogP contribution is 2.27. The van der Waals surface area contributed by atoms with E-state index < -0.39 is 0 Å². The number of hydrogen-bond acceptors (Lipinski definition) is 4. The number of hydrogen-bond donors (Lipinski definition) is 1. The van der Waals surface area contributed by atoms with Crippen molar-refractivity contribution in [3.63, 3.8) is 0 Å². The predicted molar refractivity (Wildman–Crippen MR) is 112 cm³/mol. The van der Waals surface area contributed by atoms with Crippen LogP contribution in [0.1, 0.15) is 50.6 Å². The molecule has 4 heteroatoms. The van der Waals surface area contributed by atoms with Gasteiger partial charge in [0, 0.05) is 12.0 Å². The number of phenols is 1. The number of phenolic OH excluding ortho intramolecular Hbond substituents is 1. The SMILES string of the molecule is COC(=O)c1cccc(CC(CCC(=O)c2ccc(O)cc2)c2ccccc2)c1. The predicted octanol–water partition coefficient (Wildman–Crippen LogP) is 5.17. The molecule has 0 bridgehead atoms. The van der Waals surface area contributed by atoms with Crippen LogP contribution in [0.2, 0.25) is 0 Å². The zero-order chi connectivity index (χ0) is 20.6. The lowest BCUT2D eigenvalue weighted by molar-refractivity contribution is 0.0600. The molecule has 0 aliphatic carbocycles. The molecule has 0 saturated heterocycles. The van der Waals surface area contributed by atoms with Gasteiger partial charge in [-0.15, -0.1) is 0 Å². The van der Waals surface area contributed by atoms with Gasteiger partial charge in [-0.1, -0.05) is 42.5 Å². The van der Waals surface area contributed by atoms with Crippen molar-refractivity contribution >= 4 is 11.8 Å². The second kappa shape index (κ2) is 9.69. The fourth-order valence-corrected chi connectivity index (χ4v) is 3.44. The minimum atomic E-state index is -0.356. The Morgan fingerprint density at radius 1 is 0.897 bits per heavy atom. The van der Waals surface area contributed by atoms with Crippen LogP contribution in [0.5, 0.6) is 5.75 Å². The van der Waals surface area contributed by atoms with E-state index in [1.807, 2.05) is 36.4 Å². The normalized spacial score (nSPS) is 11.6. The van der Waals surface area contributed by atoms with Crippen LogP contribution in [-0.2, 0) is 11.2 Å². The van der Waals surface area contributed by atoms with Gasteiger partial charge in [-0.2, -0.15) is 0 Å². The van der Waals surface area contributed by atoms with Crippen molar-refractivity contribution in [1.82, 2.24) is 0 Å². The number of Topliss-reactive ketones (excluding diaryl/α,β-unsaturated/α-hetero) is 1. The first-order valence-corrected chi connectivity index (χ1v) is 9.61. The summed E-state index contributed by atoms with van der Waals surface area (Å²) in [5, 5.41) is 9.40. The molecular formula is C25H24O4. The van der Waals surface area contributed by atoms with E-state index in [2.05, 4.69) is 12.1 Å². The van der Waals surface area contributed by atoms with Crippen molar-refractivity contribution in [1.29, 1.82) is 0 Å². The quantitative estimate of drug-likeness (QED) is 0.427. The first-order chi connectivity index (χ1) is 14.1. The highest BCUT2D eigenvalue weighted by molar-refractivity contribution is 5.96. The summed E-state index contributed by atoms with van der Waals surface area (Å²) in [4.78, 5) is 24.4. The van der Waals surface area contributed by atoms with E-state index in [0.29, 0.717) is 24.0 Å². The Bertz CT molecular complexity index is 962. The smallest absolute Gasteiger partial charge is 0.337 e. The highest BCUT2D eigenvalue weighted by Gasteiger charge is 2.16. The molecule has 0 aliphatic heterocycles. The standard InChI is InChI=1S/C25H24O4/c1-29-25(28)22-9-5-6-18(17-22)16-21(19-7-3-2-4-8-19)12-15-24(27)20-10-13-23(26)14-11-20/h2-11,13-14,17,21,26H,12,15-16H2,1H3. The minimum Gasteiger partial charge on any atom is -0.508 e. The topological polar surface area (TPSA) is 63.6 Å². The van der Waals surface area contributed by atoms with Crippen molar-refractivity contribution in [3.8, 4) is 5.75 Å². The van der Waals surface area contributed by atoms with Gasteiger partial charge in [0.2, 0.25) is 0 Å². The first kappa shape index (κ1) is 20.3. The van der Waals surface area contributed by atoms with E-state index in [4.69, 9.17) is 4.74 Å². The van der Waals surface area contributed by atoms with Gasteiger partial charge in [-0.05, 0) is 66.3 Å². The van der Waals surface area contributed by atoms with E-state index in [0.717, 1.165) is 17.5 Å². The summed E-state index contributed by atoms with van der Waals surface area (Å²) < 4.78 is 4.82. The molecule has 4 nitrogen and oxygen atoms in total. The second-order valence-corrected chi connectivity index (χ2v) is 7.01. The van der Waals surface area contributed by atoms with Crippen molar-refractivity contribution in [2.45, 2.75) is 25.2 Å². The van der Waals surface area contributed by atoms with Crippen molar-refractivity contribution in [3.05, 3.63) is 101 Å². The van der Waals surface area contributed by atoms with Gasteiger partial charge in [0.25, 0.3) is 0 Å². The maximum atomic E-state index is 12.6. The Balaban J connectivity index is 1.76. The zero-order valence-electron chi connectivity index (χ0n) is 16.4. The monoisotopic (exact) mass is 388 g/mol. The summed E-state index contributed by atoms with van der Waals surface area (Å²) in [5.74, 6) is -0.0146. The molecule has 3 aromatic carbocycles. The third-order valence-electron chi connectivity index (χ3n) is 5.01. The Morgan fingerprint density at radius 2 is 1.62 bits per heavy atom. The third-order valence-corrected chi connectivity index (χ3v) is 5.01. The molecule has 1 unspecified atom stereocenters. The highest BCUT2D eigenvalue weighted by atomic mass is 16.5. The van der Waals surface area contributed by atoms with Crippen LogP contribution in [0.25, 0.3) is 0 Å². The lowest BCUT2D eigenvalue weighted by Gasteiger charge is -2.18. The molecule has 0 aromatic heterocycles. The third kappa shape index (κ3) is 5.55. The molecule has 0 fully saturated rings. The number of benzene rings is 3. The van der Waals surface area contributed by atoms with Gasteiger partial charge >= 0.3 is 5.97 Å². The fourth-order valence-electron chi connectivity index (χ4n) is 3.44. The molecule has 0 aliphatic rings. The fraction of sp³-hybridized carbons (Fsp3) is 0.200. The lowest BCUT2D eigenvalue weighted by atomic mass is 9.86. The second-order valence-electron chi connectivity index (χ2n) is 7.01. The molecule has 3 aromatic rings. The molecule has 0 spiro atoms. The first-order valence-electron chi connectivity index (χ1n) is 9.61. The van der Waals surface area contributed by atoms with Crippen LogP contribution < -0.4 is 0 Å². The number of carbonyl (C=O) groups is 2. The molecular weight excluding hydrogens is 364 g/mol. The maximum absolute atomic E-state index is 12.6. The molecule has 1 atom stereocenters. The number of aromatic hydroxyl groups is 1. The summed E-state index contributed by atoms with van der Waals surface area (Å²) in [7, 11) is 1.37. The average molecular weight is 388 g/mol. The number of ketones is 1. The molecule has 29 heavy (non-hydrogen) atoms. The molecule has 0 amide bonds. The van der Waals surface area contributed by atoms with Gasteiger partial charge in [0.1, 0.15) is 5.75 Å².